The lowest BCUT2D eigenvalue weighted by atomic mass is 10.1. The summed E-state index contributed by atoms with van der Waals surface area (Å²) in [6.07, 6.45) is 3.73. The Balaban J connectivity index is 1.94. The summed E-state index contributed by atoms with van der Waals surface area (Å²) in [6, 6.07) is 20.2. The molecular weight excluding hydrogens is 458 g/mol. The second-order valence-electron chi connectivity index (χ2n) is 7.64. The zero-order valence-corrected chi connectivity index (χ0v) is 20.4. The highest BCUT2D eigenvalue weighted by atomic mass is 35.5. The van der Waals surface area contributed by atoms with E-state index >= 15 is 0 Å². The quantitative estimate of drug-likeness (QED) is 0.351. The molecule has 0 heterocycles. The van der Waals surface area contributed by atoms with Crippen LogP contribution in [0, 0.1) is 0 Å². The molecule has 0 bridgehead atoms. The summed E-state index contributed by atoms with van der Waals surface area (Å²) in [5.41, 5.74) is 2.30. The second kappa shape index (κ2) is 11.3. The SMILES string of the molecule is CCCCc1ccc(N(C(=O)COc2ccccc2CC)S(=O)(=O)c2ccc(Cl)cc2)cc1. The van der Waals surface area contributed by atoms with Gasteiger partial charge < -0.3 is 4.74 Å². The van der Waals surface area contributed by atoms with Gasteiger partial charge in [-0.25, -0.2) is 8.42 Å². The summed E-state index contributed by atoms with van der Waals surface area (Å²) in [5, 5.41) is 0.409. The van der Waals surface area contributed by atoms with Crippen molar-refractivity contribution in [3.8, 4) is 5.75 Å². The molecule has 0 radical (unpaired) electrons. The number of anilines is 1. The normalized spacial score (nSPS) is 11.2. The molecule has 0 N–H and O–H groups in total. The molecule has 33 heavy (non-hydrogen) atoms. The van der Waals surface area contributed by atoms with E-state index in [1.54, 1.807) is 18.2 Å². The average molecular weight is 486 g/mol. The van der Waals surface area contributed by atoms with E-state index < -0.39 is 22.5 Å². The molecule has 0 unspecified atom stereocenters. The summed E-state index contributed by atoms with van der Waals surface area (Å²) in [5.74, 6) is -0.121. The molecule has 0 aliphatic heterocycles. The number of carbonyl (C=O) groups excluding carboxylic acids is 1. The molecule has 0 aromatic heterocycles. The van der Waals surface area contributed by atoms with Gasteiger partial charge in [-0.1, -0.05) is 62.2 Å². The molecule has 5 nitrogen and oxygen atoms in total. The molecule has 0 atom stereocenters. The monoisotopic (exact) mass is 485 g/mol. The number of ether oxygens (including phenoxy) is 1. The van der Waals surface area contributed by atoms with Crippen LogP contribution in [0.1, 0.15) is 37.8 Å². The summed E-state index contributed by atoms with van der Waals surface area (Å²) in [4.78, 5) is 13.2. The Labute approximate surface area is 201 Å². The van der Waals surface area contributed by atoms with E-state index in [4.69, 9.17) is 16.3 Å². The number of hydrogen-bond acceptors (Lipinski definition) is 4. The number of hydrogen-bond donors (Lipinski definition) is 0. The fraction of sp³-hybridized carbons (Fsp3) is 0.269. The zero-order chi connectivity index (χ0) is 23.8. The topological polar surface area (TPSA) is 63.7 Å². The van der Waals surface area contributed by atoms with Gasteiger partial charge in [-0.05, 0) is 72.9 Å². The molecule has 3 aromatic carbocycles. The van der Waals surface area contributed by atoms with E-state index in [2.05, 4.69) is 6.92 Å². The van der Waals surface area contributed by atoms with Crippen LogP contribution in [0.5, 0.6) is 5.75 Å². The third-order valence-electron chi connectivity index (χ3n) is 5.27. The summed E-state index contributed by atoms with van der Waals surface area (Å²) in [6.45, 7) is 3.69. The van der Waals surface area contributed by atoms with Crippen LogP contribution >= 0.6 is 11.6 Å². The minimum atomic E-state index is -4.17. The zero-order valence-electron chi connectivity index (χ0n) is 18.8. The van der Waals surface area contributed by atoms with Crippen molar-refractivity contribution in [2.75, 3.05) is 10.9 Å². The number of rotatable bonds is 10. The molecule has 0 aliphatic rings. The second-order valence-corrected chi connectivity index (χ2v) is 9.86. The van der Waals surface area contributed by atoms with Gasteiger partial charge in [0.25, 0.3) is 15.9 Å². The number of aryl methyl sites for hydroxylation is 2. The number of unbranched alkanes of at least 4 members (excludes halogenated alkanes) is 1. The maximum Gasteiger partial charge on any atom is 0.278 e. The van der Waals surface area contributed by atoms with Gasteiger partial charge in [0, 0.05) is 5.02 Å². The number of sulfonamides is 1. The fourth-order valence-electron chi connectivity index (χ4n) is 3.44. The predicted octanol–water partition coefficient (Wildman–Crippen LogP) is 6.05. The summed E-state index contributed by atoms with van der Waals surface area (Å²) >= 11 is 5.93. The largest absolute Gasteiger partial charge is 0.483 e. The molecule has 3 aromatic rings. The molecular formula is C26H28ClNO4S. The minimum absolute atomic E-state index is 0.0238. The van der Waals surface area contributed by atoms with Gasteiger partial charge in [-0.3, -0.25) is 4.79 Å². The van der Waals surface area contributed by atoms with Crippen LogP contribution in [-0.4, -0.2) is 20.9 Å². The molecule has 1 amide bonds. The maximum absolute atomic E-state index is 13.5. The third-order valence-corrected chi connectivity index (χ3v) is 7.29. The highest BCUT2D eigenvalue weighted by Gasteiger charge is 2.31. The molecule has 0 fully saturated rings. The van der Waals surface area contributed by atoms with Crippen molar-refractivity contribution in [1.29, 1.82) is 0 Å². The average Bonchev–Trinajstić information content (AvgIpc) is 2.82. The molecule has 0 aliphatic carbocycles. The van der Waals surface area contributed by atoms with Crippen LogP contribution in [0.2, 0.25) is 5.02 Å². The van der Waals surface area contributed by atoms with Crippen molar-refractivity contribution in [2.45, 2.75) is 44.4 Å². The number of amides is 1. The lowest BCUT2D eigenvalue weighted by molar-refractivity contribution is -0.119. The molecule has 3 rings (SSSR count). The Morgan fingerprint density at radius 2 is 1.61 bits per heavy atom. The van der Waals surface area contributed by atoms with Crippen LogP contribution in [0.3, 0.4) is 0 Å². The first-order valence-corrected chi connectivity index (χ1v) is 12.8. The van der Waals surface area contributed by atoms with E-state index in [0.717, 1.165) is 41.1 Å². The highest BCUT2D eigenvalue weighted by molar-refractivity contribution is 7.93. The first-order valence-electron chi connectivity index (χ1n) is 11.0. The Hall–Kier alpha value is -2.83. The van der Waals surface area contributed by atoms with Crippen molar-refractivity contribution in [3.05, 3.63) is 88.9 Å². The Bertz CT molecular complexity index is 1180. The van der Waals surface area contributed by atoms with Crippen molar-refractivity contribution < 1.29 is 17.9 Å². The molecule has 7 heteroatoms. The van der Waals surface area contributed by atoms with E-state index in [-0.39, 0.29) is 10.6 Å². The number of carbonyl (C=O) groups is 1. The first-order chi connectivity index (χ1) is 15.9. The van der Waals surface area contributed by atoms with E-state index in [0.29, 0.717) is 10.8 Å². The molecule has 0 saturated carbocycles. The van der Waals surface area contributed by atoms with Crippen molar-refractivity contribution in [1.82, 2.24) is 0 Å². The van der Waals surface area contributed by atoms with Gasteiger partial charge in [-0.2, -0.15) is 4.31 Å². The first kappa shape index (κ1) is 24.8. The van der Waals surface area contributed by atoms with Crippen molar-refractivity contribution in [3.63, 3.8) is 0 Å². The highest BCUT2D eigenvalue weighted by Crippen LogP contribution is 2.27. The Kier molecular flexibility index (Phi) is 8.53. The van der Waals surface area contributed by atoms with Gasteiger partial charge >= 0.3 is 0 Å². The van der Waals surface area contributed by atoms with Gasteiger partial charge in [0.1, 0.15) is 5.75 Å². The predicted molar refractivity (Wildman–Crippen MR) is 132 cm³/mol. The van der Waals surface area contributed by atoms with Crippen LogP contribution in [0.25, 0.3) is 0 Å². The van der Waals surface area contributed by atoms with E-state index in [9.17, 15) is 13.2 Å². The van der Waals surface area contributed by atoms with Crippen LogP contribution in [0.4, 0.5) is 5.69 Å². The lowest BCUT2D eigenvalue weighted by Gasteiger charge is -2.23. The van der Waals surface area contributed by atoms with E-state index in [1.807, 2.05) is 37.3 Å². The summed E-state index contributed by atoms with van der Waals surface area (Å²) in [7, 11) is -4.17. The van der Waals surface area contributed by atoms with Gasteiger partial charge in [0.15, 0.2) is 6.61 Å². The smallest absolute Gasteiger partial charge is 0.278 e. The van der Waals surface area contributed by atoms with Gasteiger partial charge in [-0.15, -0.1) is 0 Å². The third kappa shape index (κ3) is 6.15. The Morgan fingerprint density at radius 1 is 0.939 bits per heavy atom. The van der Waals surface area contributed by atoms with Crippen molar-refractivity contribution in [2.24, 2.45) is 0 Å². The number of halogens is 1. The number of nitrogens with zero attached hydrogens (tertiary/aromatic N) is 1. The molecule has 0 saturated heterocycles. The van der Waals surface area contributed by atoms with Gasteiger partial charge in [0.05, 0.1) is 10.6 Å². The van der Waals surface area contributed by atoms with Crippen LogP contribution in [0.15, 0.2) is 77.7 Å². The van der Waals surface area contributed by atoms with E-state index in [1.165, 1.54) is 24.3 Å². The lowest BCUT2D eigenvalue weighted by Crippen LogP contribution is -2.40. The van der Waals surface area contributed by atoms with Crippen LogP contribution in [-0.2, 0) is 27.7 Å². The number of para-hydroxylation sites is 1. The maximum atomic E-state index is 13.5. The minimum Gasteiger partial charge on any atom is -0.483 e. The molecule has 174 valence electrons. The van der Waals surface area contributed by atoms with Gasteiger partial charge in [0.2, 0.25) is 0 Å². The molecule has 0 spiro atoms. The fourth-order valence-corrected chi connectivity index (χ4v) is 4.98. The standard InChI is InChI=1S/C26H28ClNO4S/c1-3-5-8-20-11-15-23(16-12-20)28(33(30,31)24-17-13-22(27)14-18-24)26(29)19-32-25-10-7-6-9-21(25)4-2/h6-7,9-18H,3-5,8,19H2,1-2H3. The van der Waals surface area contributed by atoms with Crippen molar-refractivity contribution >= 4 is 33.2 Å². The Morgan fingerprint density at radius 3 is 2.24 bits per heavy atom. The number of benzene rings is 3. The van der Waals surface area contributed by atoms with Crippen LogP contribution < -0.4 is 9.04 Å². The summed E-state index contributed by atoms with van der Waals surface area (Å²) < 4.78 is 33.5.